The molecule has 0 heterocycles. The maximum Gasteiger partial charge on any atom is 0.248 e. The van der Waals surface area contributed by atoms with Crippen LogP contribution in [0, 0.1) is 27.7 Å². The Morgan fingerprint density at radius 1 is 0.526 bits per heavy atom. The first kappa shape index (κ1) is 26.4. The highest BCUT2D eigenvalue weighted by atomic mass is 16.2. The second kappa shape index (κ2) is 12.0. The minimum Gasteiger partial charge on any atom is -0.322 e. The van der Waals surface area contributed by atoms with Crippen molar-refractivity contribution in [3.63, 3.8) is 0 Å². The number of benzene rings is 4. The topological polar surface area (TPSA) is 58.2 Å². The second-order valence-corrected chi connectivity index (χ2v) is 9.53. The van der Waals surface area contributed by atoms with E-state index in [1.807, 2.05) is 100 Å². The molecule has 0 saturated heterocycles. The molecule has 4 aromatic rings. The van der Waals surface area contributed by atoms with E-state index in [-0.39, 0.29) is 11.8 Å². The van der Waals surface area contributed by atoms with Gasteiger partial charge in [0.15, 0.2) is 0 Å². The van der Waals surface area contributed by atoms with Crippen molar-refractivity contribution in [1.82, 2.24) is 0 Å². The highest BCUT2D eigenvalue weighted by Gasteiger charge is 2.08. The third kappa shape index (κ3) is 7.17. The molecule has 4 rings (SSSR count). The molecule has 0 fully saturated rings. The lowest BCUT2D eigenvalue weighted by Crippen LogP contribution is -2.09. The standard InChI is InChI=1S/C34H32N2O2/c1-23-5-9-27(10-6-23)13-19-33(37)35-31-17-15-29(21-25(31)3)30-16-18-32(26(4)22-30)36-34(38)20-14-28-11-7-24(2)8-12-28/h5-22H,1-4H3,(H,35,37)(H,36,38)/b19-13+,20-14+. The van der Waals surface area contributed by atoms with Crippen LogP contribution >= 0.6 is 0 Å². The molecule has 190 valence electrons. The van der Waals surface area contributed by atoms with Crippen molar-refractivity contribution in [3.05, 3.63) is 130 Å². The number of anilines is 2. The van der Waals surface area contributed by atoms with Crippen molar-refractivity contribution in [3.8, 4) is 11.1 Å². The van der Waals surface area contributed by atoms with E-state index in [4.69, 9.17) is 0 Å². The molecule has 2 amide bonds. The van der Waals surface area contributed by atoms with Crippen molar-refractivity contribution in [2.24, 2.45) is 0 Å². The summed E-state index contributed by atoms with van der Waals surface area (Å²) in [7, 11) is 0. The molecule has 4 nitrogen and oxygen atoms in total. The average Bonchev–Trinajstić information content (AvgIpc) is 2.90. The number of carbonyl (C=O) groups excluding carboxylic acids is 2. The van der Waals surface area contributed by atoms with Crippen LogP contribution in [-0.2, 0) is 9.59 Å². The monoisotopic (exact) mass is 500 g/mol. The molecule has 0 radical (unpaired) electrons. The average molecular weight is 501 g/mol. The normalized spacial score (nSPS) is 11.2. The number of nitrogens with one attached hydrogen (secondary N) is 2. The van der Waals surface area contributed by atoms with Crippen molar-refractivity contribution >= 4 is 35.3 Å². The lowest BCUT2D eigenvalue weighted by molar-refractivity contribution is -0.112. The molecule has 0 saturated carbocycles. The first-order valence-corrected chi connectivity index (χ1v) is 12.6. The second-order valence-electron chi connectivity index (χ2n) is 9.53. The van der Waals surface area contributed by atoms with Gasteiger partial charge in [-0.25, -0.2) is 0 Å². The fraction of sp³-hybridized carbons (Fsp3) is 0.118. The van der Waals surface area contributed by atoms with Gasteiger partial charge in [0.05, 0.1) is 0 Å². The van der Waals surface area contributed by atoms with Crippen LogP contribution in [0.5, 0.6) is 0 Å². The number of aryl methyl sites for hydroxylation is 4. The van der Waals surface area contributed by atoms with Crippen LogP contribution in [0.1, 0.15) is 33.4 Å². The predicted molar refractivity (Wildman–Crippen MR) is 159 cm³/mol. The fourth-order valence-corrected chi connectivity index (χ4v) is 4.01. The maximum absolute atomic E-state index is 12.4. The van der Waals surface area contributed by atoms with Gasteiger partial charge in [-0.15, -0.1) is 0 Å². The summed E-state index contributed by atoms with van der Waals surface area (Å²) in [5.41, 5.74) is 9.89. The van der Waals surface area contributed by atoms with Crippen LogP contribution < -0.4 is 10.6 Å². The number of hydrogen-bond donors (Lipinski definition) is 2. The van der Waals surface area contributed by atoms with Gasteiger partial charge in [-0.2, -0.15) is 0 Å². The van der Waals surface area contributed by atoms with Crippen molar-refractivity contribution in [2.45, 2.75) is 27.7 Å². The van der Waals surface area contributed by atoms with Crippen LogP contribution in [0.2, 0.25) is 0 Å². The molecule has 4 heteroatoms. The molecular formula is C34H32N2O2. The van der Waals surface area contributed by atoms with Gasteiger partial charge in [-0.1, -0.05) is 71.8 Å². The van der Waals surface area contributed by atoms with Crippen LogP contribution in [-0.4, -0.2) is 11.8 Å². The third-order valence-electron chi connectivity index (χ3n) is 6.31. The van der Waals surface area contributed by atoms with Crippen LogP contribution in [0.3, 0.4) is 0 Å². The zero-order valence-electron chi connectivity index (χ0n) is 22.2. The van der Waals surface area contributed by atoms with E-state index >= 15 is 0 Å². The largest absolute Gasteiger partial charge is 0.322 e. The number of amides is 2. The fourth-order valence-electron chi connectivity index (χ4n) is 4.01. The van der Waals surface area contributed by atoms with E-state index < -0.39 is 0 Å². The van der Waals surface area contributed by atoms with Gasteiger partial charge in [0.1, 0.15) is 0 Å². The van der Waals surface area contributed by atoms with E-state index in [1.54, 1.807) is 24.3 Å². The summed E-state index contributed by atoms with van der Waals surface area (Å²) in [6, 6.07) is 27.9. The molecule has 0 aromatic heterocycles. The first-order valence-electron chi connectivity index (χ1n) is 12.6. The van der Waals surface area contributed by atoms with Crippen molar-refractivity contribution < 1.29 is 9.59 Å². The SMILES string of the molecule is Cc1ccc(/C=C/C(=O)Nc2ccc(-c3ccc(NC(=O)/C=C/c4ccc(C)cc4)c(C)c3)cc2C)cc1. The first-order chi connectivity index (χ1) is 18.3. The van der Waals surface area contributed by atoms with E-state index in [0.29, 0.717) is 0 Å². The number of carbonyl (C=O) groups is 2. The Labute approximate surface area is 224 Å². The summed E-state index contributed by atoms with van der Waals surface area (Å²) in [6.07, 6.45) is 6.70. The zero-order valence-corrected chi connectivity index (χ0v) is 22.2. The number of rotatable bonds is 7. The Hall–Kier alpha value is -4.70. The van der Waals surface area contributed by atoms with Gasteiger partial charge in [0.2, 0.25) is 11.8 Å². The van der Waals surface area contributed by atoms with Gasteiger partial charge in [-0.3, -0.25) is 9.59 Å². The third-order valence-corrected chi connectivity index (χ3v) is 6.31. The Balaban J connectivity index is 1.39. The summed E-state index contributed by atoms with van der Waals surface area (Å²) in [5, 5.41) is 5.92. The van der Waals surface area contributed by atoms with Gasteiger partial charge >= 0.3 is 0 Å². The van der Waals surface area contributed by atoms with E-state index in [9.17, 15) is 9.59 Å². The molecule has 2 N–H and O–H groups in total. The predicted octanol–water partition coefficient (Wildman–Crippen LogP) is 7.89. The zero-order chi connectivity index (χ0) is 27.1. The lowest BCUT2D eigenvalue weighted by Gasteiger charge is -2.12. The molecule has 0 bridgehead atoms. The lowest BCUT2D eigenvalue weighted by atomic mass is 10.00. The number of hydrogen-bond acceptors (Lipinski definition) is 2. The molecular weight excluding hydrogens is 468 g/mol. The maximum atomic E-state index is 12.4. The smallest absolute Gasteiger partial charge is 0.248 e. The van der Waals surface area contributed by atoms with Gasteiger partial charge in [-0.05, 0) is 97.5 Å². The van der Waals surface area contributed by atoms with Crippen molar-refractivity contribution in [1.29, 1.82) is 0 Å². The van der Waals surface area contributed by atoms with Crippen molar-refractivity contribution in [2.75, 3.05) is 10.6 Å². The molecule has 0 spiro atoms. The molecule has 0 aliphatic carbocycles. The van der Waals surface area contributed by atoms with E-state index in [2.05, 4.69) is 22.8 Å². The Kier molecular flexibility index (Phi) is 8.34. The molecule has 0 aliphatic rings. The van der Waals surface area contributed by atoms with E-state index in [0.717, 1.165) is 44.8 Å². The summed E-state index contributed by atoms with van der Waals surface area (Å²) in [6.45, 7) is 8.02. The molecule has 0 unspecified atom stereocenters. The van der Waals surface area contributed by atoms with Gasteiger partial charge < -0.3 is 10.6 Å². The molecule has 38 heavy (non-hydrogen) atoms. The minimum atomic E-state index is -0.172. The summed E-state index contributed by atoms with van der Waals surface area (Å²) >= 11 is 0. The Morgan fingerprint density at radius 2 is 0.895 bits per heavy atom. The summed E-state index contributed by atoms with van der Waals surface area (Å²) < 4.78 is 0. The van der Waals surface area contributed by atoms with Crippen LogP contribution in [0.4, 0.5) is 11.4 Å². The van der Waals surface area contributed by atoms with Gasteiger partial charge in [0.25, 0.3) is 0 Å². The van der Waals surface area contributed by atoms with E-state index in [1.165, 1.54) is 11.1 Å². The molecule has 0 atom stereocenters. The Morgan fingerprint density at radius 3 is 1.24 bits per heavy atom. The summed E-state index contributed by atoms with van der Waals surface area (Å²) in [4.78, 5) is 24.9. The molecule has 0 aliphatic heterocycles. The minimum absolute atomic E-state index is 0.172. The van der Waals surface area contributed by atoms with Crippen LogP contribution in [0.15, 0.2) is 97.1 Å². The highest BCUT2D eigenvalue weighted by Crippen LogP contribution is 2.28. The Bertz CT molecular complexity index is 1390. The van der Waals surface area contributed by atoms with Gasteiger partial charge in [0, 0.05) is 23.5 Å². The summed E-state index contributed by atoms with van der Waals surface area (Å²) in [5.74, 6) is -0.345. The highest BCUT2D eigenvalue weighted by molar-refractivity contribution is 6.03. The molecule has 4 aromatic carbocycles. The quantitative estimate of drug-likeness (QED) is 0.254. The van der Waals surface area contributed by atoms with Crippen LogP contribution in [0.25, 0.3) is 23.3 Å².